The van der Waals surface area contributed by atoms with Gasteiger partial charge in [0.1, 0.15) is 5.82 Å². The van der Waals surface area contributed by atoms with E-state index in [0.717, 1.165) is 11.4 Å². The molecular formula is C17H26N6O2. The van der Waals surface area contributed by atoms with Gasteiger partial charge in [-0.1, -0.05) is 13.8 Å². The zero-order valence-corrected chi connectivity index (χ0v) is 15.8. The lowest BCUT2D eigenvalue weighted by atomic mass is 10.2. The Labute approximate surface area is 147 Å². The quantitative estimate of drug-likeness (QED) is 0.870. The van der Waals surface area contributed by atoms with Crippen LogP contribution in [0.2, 0.25) is 0 Å². The zero-order chi connectivity index (χ0) is 18.9. The van der Waals surface area contributed by atoms with Crippen molar-refractivity contribution in [3.63, 3.8) is 0 Å². The molecule has 2 heterocycles. The van der Waals surface area contributed by atoms with E-state index in [0.29, 0.717) is 11.5 Å². The summed E-state index contributed by atoms with van der Waals surface area (Å²) in [6, 6.07) is 1.77. The Morgan fingerprint density at radius 2 is 1.72 bits per heavy atom. The maximum atomic E-state index is 12.5. The molecule has 0 radical (unpaired) electrons. The molecule has 2 aromatic heterocycles. The molecule has 0 spiro atoms. The maximum absolute atomic E-state index is 12.5. The lowest BCUT2D eigenvalue weighted by Crippen LogP contribution is -2.19. The second kappa shape index (κ2) is 7.08. The number of nitrogens with zero attached hydrogens (tertiary/aromatic N) is 4. The molecule has 0 aliphatic heterocycles. The largest absolute Gasteiger partial charge is 0.317 e. The summed E-state index contributed by atoms with van der Waals surface area (Å²) >= 11 is 0. The van der Waals surface area contributed by atoms with E-state index in [4.69, 9.17) is 0 Å². The van der Waals surface area contributed by atoms with Gasteiger partial charge in [-0.2, -0.15) is 10.2 Å². The van der Waals surface area contributed by atoms with Gasteiger partial charge in [0.05, 0.1) is 17.1 Å². The predicted molar refractivity (Wildman–Crippen MR) is 96.7 cm³/mol. The smallest absolute Gasteiger partial charge is 0.276 e. The van der Waals surface area contributed by atoms with Crippen LogP contribution >= 0.6 is 0 Å². The van der Waals surface area contributed by atoms with Crippen molar-refractivity contribution in [3.8, 4) is 0 Å². The van der Waals surface area contributed by atoms with Crippen molar-refractivity contribution in [2.45, 2.75) is 47.6 Å². The van der Waals surface area contributed by atoms with Crippen molar-refractivity contribution in [3.05, 3.63) is 23.1 Å². The molecule has 0 aliphatic rings. The molecule has 2 N–H and O–H groups in total. The Hall–Kier alpha value is -2.64. The number of rotatable bonds is 5. The van der Waals surface area contributed by atoms with Crippen LogP contribution in [0.1, 0.15) is 55.6 Å². The summed E-state index contributed by atoms with van der Waals surface area (Å²) in [6.45, 7) is 11.5. The number of aromatic nitrogens is 4. The van der Waals surface area contributed by atoms with Crippen LogP contribution in [0.15, 0.2) is 6.07 Å². The molecule has 136 valence electrons. The van der Waals surface area contributed by atoms with Crippen LogP contribution in [0.3, 0.4) is 0 Å². The maximum Gasteiger partial charge on any atom is 0.276 e. The van der Waals surface area contributed by atoms with Crippen molar-refractivity contribution in [1.29, 1.82) is 0 Å². The minimum atomic E-state index is -0.338. The number of amides is 2. The monoisotopic (exact) mass is 346 g/mol. The van der Waals surface area contributed by atoms with E-state index in [-0.39, 0.29) is 29.5 Å². The first-order valence-corrected chi connectivity index (χ1v) is 8.33. The van der Waals surface area contributed by atoms with Crippen LogP contribution < -0.4 is 10.6 Å². The van der Waals surface area contributed by atoms with E-state index in [1.54, 1.807) is 27.0 Å². The fourth-order valence-corrected chi connectivity index (χ4v) is 2.49. The van der Waals surface area contributed by atoms with E-state index in [1.165, 1.54) is 4.68 Å². The van der Waals surface area contributed by atoms with Crippen LogP contribution in [0.4, 0.5) is 11.5 Å². The standard InChI is InChI=1S/C17H26N6O2/c1-9(2)16(24)18-14-8-13(21-22(14)7)17(25)19-15-11(5)20-23(10(3)4)12(15)6/h8-10H,1-7H3,(H,18,24)(H,19,25). The van der Waals surface area contributed by atoms with E-state index >= 15 is 0 Å². The number of hydrogen-bond donors (Lipinski definition) is 2. The highest BCUT2D eigenvalue weighted by Crippen LogP contribution is 2.23. The number of nitrogens with one attached hydrogen (secondary N) is 2. The van der Waals surface area contributed by atoms with E-state index < -0.39 is 0 Å². The van der Waals surface area contributed by atoms with Crippen LogP contribution in [0, 0.1) is 19.8 Å². The predicted octanol–water partition coefficient (Wildman–Crippen LogP) is 2.66. The third-order valence-electron chi connectivity index (χ3n) is 3.94. The fraction of sp³-hybridized carbons (Fsp3) is 0.529. The summed E-state index contributed by atoms with van der Waals surface area (Å²) < 4.78 is 3.35. The van der Waals surface area contributed by atoms with Gasteiger partial charge in [-0.05, 0) is 27.7 Å². The number of hydrogen-bond acceptors (Lipinski definition) is 4. The van der Waals surface area contributed by atoms with Crippen molar-refractivity contribution >= 4 is 23.3 Å². The Balaban J connectivity index is 2.21. The Bertz CT molecular complexity index is 800. The van der Waals surface area contributed by atoms with Gasteiger partial charge >= 0.3 is 0 Å². The molecule has 8 nitrogen and oxygen atoms in total. The summed E-state index contributed by atoms with van der Waals surface area (Å²) in [5.41, 5.74) is 2.57. The van der Waals surface area contributed by atoms with Gasteiger partial charge in [0.15, 0.2) is 5.69 Å². The summed E-state index contributed by atoms with van der Waals surface area (Å²) in [6.07, 6.45) is 0. The highest BCUT2D eigenvalue weighted by molar-refractivity contribution is 6.04. The molecule has 0 aliphatic carbocycles. The van der Waals surface area contributed by atoms with Crippen LogP contribution in [-0.4, -0.2) is 31.4 Å². The topological polar surface area (TPSA) is 93.8 Å². The Kier molecular flexibility index (Phi) is 5.30. The first-order chi connectivity index (χ1) is 11.6. The average molecular weight is 346 g/mol. The molecule has 0 atom stereocenters. The zero-order valence-electron chi connectivity index (χ0n) is 15.8. The van der Waals surface area contributed by atoms with Gasteiger partial charge in [-0.25, -0.2) is 0 Å². The molecule has 2 rings (SSSR count). The molecule has 0 saturated carbocycles. The first-order valence-electron chi connectivity index (χ1n) is 8.33. The van der Waals surface area contributed by atoms with E-state index in [1.807, 2.05) is 32.4 Å². The molecule has 0 saturated heterocycles. The molecule has 2 amide bonds. The normalized spacial score (nSPS) is 11.2. The molecular weight excluding hydrogens is 320 g/mol. The Morgan fingerprint density at radius 1 is 1.08 bits per heavy atom. The van der Waals surface area contributed by atoms with Gasteiger partial charge in [0.25, 0.3) is 5.91 Å². The first kappa shape index (κ1) is 18.7. The van der Waals surface area contributed by atoms with Crippen LogP contribution in [0.5, 0.6) is 0 Å². The SMILES string of the molecule is Cc1nn(C(C)C)c(C)c1NC(=O)c1cc(NC(=O)C(C)C)n(C)n1. The second-order valence-corrected chi connectivity index (χ2v) is 6.72. The van der Waals surface area contributed by atoms with Crippen molar-refractivity contribution < 1.29 is 9.59 Å². The Morgan fingerprint density at radius 3 is 2.24 bits per heavy atom. The number of carbonyl (C=O) groups is 2. The molecule has 0 fully saturated rings. The lowest BCUT2D eigenvalue weighted by Gasteiger charge is -2.08. The summed E-state index contributed by atoms with van der Waals surface area (Å²) in [5.74, 6) is -0.135. The summed E-state index contributed by atoms with van der Waals surface area (Å²) in [5, 5.41) is 14.3. The molecule has 0 aromatic carbocycles. The van der Waals surface area contributed by atoms with Crippen LogP contribution in [-0.2, 0) is 11.8 Å². The van der Waals surface area contributed by atoms with Gasteiger partial charge < -0.3 is 10.6 Å². The van der Waals surface area contributed by atoms with E-state index in [2.05, 4.69) is 20.8 Å². The summed E-state index contributed by atoms with van der Waals surface area (Å²) in [7, 11) is 1.68. The van der Waals surface area contributed by atoms with Crippen LogP contribution in [0.25, 0.3) is 0 Å². The third kappa shape index (κ3) is 3.89. The molecule has 0 unspecified atom stereocenters. The number of aryl methyl sites for hydroxylation is 2. The highest BCUT2D eigenvalue weighted by Gasteiger charge is 2.20. The van der Waals surface area contributed by atoms with E-state index in [9.17, 15) is 9.59 Å². The number of carbonyl (C=O) groups excluding carboxylic acids is 2. The minimum absolute atomic E-state index is 0.125. The van der Waals surface area contributed by atoms with Crippen molar-refractivity contribution in [2.24, 2.45) is 13.0 Å². The van der Waals surface area contributed by atoms with Gasteiger partial charge in [0.2, 0.25) is 5.91 Å². The van der Waals surface area contributed by atoms with Crippen molar-refractivity contribution in [1.82, 2.24) is 19.6 Å². The third-order valence-corrected chi connectivity index (χ3v) is 3.94. The van der Waals surface area contributed by atoms with Gasteiger partial charge in [0, 0.05) is 25.1 Å². The van der Waals surface area contributed by atoms with Gasteiger partial charge in [-0.3, -0.25) is 19.0 Å². The molecule has 2 aromatic rings. The minimum Gasteiger partial charge on any atom is -0.317 e. The molecule has 25 heavy (non-hydrogen) atoms. The molecule has 0 bridgehead atoms. The molecule has 8 heteroatoms. The second-order valence-electron chi connectivity index (χ2n) is 6.72. The van der Waals surface area contributed by atoms with Crippen molar-refractivity contribution in [2.75, 3.05) is 10.6 Å². The number of anilines is 2. The average Bonchev–Trinajstić information content (AvgIpc) is 3.02. The lowest BCUT2D eigenvalue weighted by molar-refractivity contribution is -0.118. The fourth-order valence-electron chi connectivity index (χ4n) is 2.49. The summed E-state index contributed by atoms with van der Waals surface area (Å²) in [4.78, 5) is 24.4. The van der Waals surface area contributed by atoms with Gasteiger partial charge in [-0.15, -0.1) is 0 Å². The highest BCUT2D eigenvalue weighted by atomic mass is 16.2.